The molecule has 0 atom stereocenters. The summed E-state index contributed by atoms with van der Waals surface area (Å²) in [6, 6.07) is 44.1. The number of hydrogen-bond donors (Lipinski definition) is 2. The number of oxime groups is 2. The van der Waals surface area contributed by atoms with E-state index in [2.05, 4.69) is 55.8 Å². The van der Waals surface area contributed by atoms with Crippen molar-refractivity contribution in [3.8, 4) is 11.4 Å². The van der Waals surface area contributed by atoms with Gasteiger partial charge in [-0.05, 0) is 104 Å². The molecule has 0 saturated carbocycles. The molecule has 0 aliphatic rings. The van der Waals surface area contributed by atoms with Crippen molar-refractivity contribution in [2.24, 2.45) is 10.3 Å². The molecule has 0 bridgehead atoms. The van der Waals surface area contributed by atoms with Gasteiger partial charge in [0.2, 0.25) is 0 Å². The third kappa shape index (κ3) is 4.55. The number of carbonyl (C=O) groups excluding carboxylic acids is 1. The Balaban J connectivity index is 1.23. The Morgan fingerprint density at radius 2 is 0.854 bits per heavy atom. The molecule has 8 rings (SSSR count). The van der Waals surface area contributed by atoms with E-state index in [1.807, 2.05) is 97.1 Å². The van der Waals surface area contributed by atoms with Gasteiger partial charge in [0.1, 0.15) is 0 Å². The molecule has 7 heteroatoms. The topological polar surface area (TPSA) is 92.1 Å². The van der Waals surface area contributed by atoms with Crippen LogP contribution in [0.1, 0.15) is 40.9 Å². The molecule has 7 nitrogen and oxygen atoms in total. The largest absolute Gasteiger partial charge is 0.411 e. The van der Waals surface area contributed by atoms with Crippen LogP contribution in [0.4, 0.5) is 0 Å². The molecule has 0 radical (unpaired) electrons. The molecule has 0 aliphatic carbocycles. The van der Waals surface area contributed by atoms with Gasteiger partial charge in [-0.2, -0.15) is 0 Å². The number of nitrogens with zero attached hydrogens (tertiary/aromatic N) is 4. The lowest BCUT2D eigenvalue weighted by molar-refractivity contribution is 0.103. The van der Waals surface area contributed by atoms with Crippen molar-refractivity contribution in [2.45, 2.75) is 13.8 Å². The fraction of sp³-hybridized carbons (Fsp3) is 0.0488. The van der Waals surface area contributed by atoms with Crippen LogP contribution in [0.3, 0.4) is 0 Å². The highest BCUT2D eigenvalue weighted by atomic mass is 16.4. The van der Waals surface area contributed by atoms with Gasteiger partial charge in [0.15, 0.2) is 5.78 Å². The summed E-state index contributed by atoms with van der Waals surface area (Å²) in [5, 5.41) is 29.7. The van der Waals surface area contributed by atoms with Gasteiger partial charge in [-0.15, -0.1) is 0 Å². The minimum Gasteiger partial charge on any atom is -0.411 e. The smallest absolute Gasteiger partial charge is 0.193 e. The van der Waals surface area contributed by atoms with Crippen LogP contribution in [0, 0.1) is 0 Å². The number of aromatic nitrogens is 2. The second kappa shape index (κ2) is 11.4. The zero-order valence-corrected chi connectivity index (χ0v) is 26.3. The van der Waals surface area contributed by atoms with E-state index in [0.29, 0.717) is 22.6 Å². The second-order valence-corrected chi connectivity index (χ2v) is 12.0. The molecule has 6 aromatic carbocycles. The molecular weight excluding hydrogens is 596 g/mol. The minimum absolute atomic E-state index is 0.0704. The molecule has 0 saturated heterocycles. The highest BCUT2D eigenvalue weighted by Gasteiger charge is 2.18. The van der Waals surface area contributed by atoms with E-state index < -0.39 is 0 Å². The molecule has 0 amide bonds. The molecule has 2 aromatic heterocycles. The molecule has 8 aromatic rings. The predicted octanol–water partition coefficient (Wildman–Crippen LogP) is 9.51. The SMILES string of the molecule is CC(=NO)c1ccc(-n2c3ccc(C(=O)c4ccc(-n5c6ccccc6c6ccccc65)cc4)cc3c3cc(C(C)=NO)ccc32)cc1. The molecule has 0 unspecified atom stereocenters. The lowest BCUT2D eigenvalue weighted by Gasteiger charge is -2.10. The molecule has 48 heavy (non-hydrogen) atoms. The maximum atomic E-state index is 14.0. The number of fused-ring (bicyclic) bond motifs is 6. The third-order valence-corrected chi connectivity index (χ3v) is 9.26. The average molecular weight is 627 g/mol. The summed E-state index contributed by atoms with van der Waals surface area (Å²) in [5.41, 5.74) is 9.82. The Hall–Kier alpha value is -6.47. The van der Waals surface area contributed by atoms with Crippen LogP contribution in [0.25, 0.3) is 55.0 Å². The highest BCUT2D eigenvalue weighted by Crippen LogP contribution is 2.35. The second-order valence-electron chi connectivity index (χ2n) is 12.0. The summed E-state index contributed by atoms with van der Waals surface area (Å²) in [5.74, 6) is -0.0704. The standard InChI is InChI=1S/C41H30N4O3/c1-25(42-47)27-11-17-31(18-12-27)45-39-21-15-29(26(2)43-48)23-35(39)36-24-30(16-22-40(36)45)41(46)28-13-19-32(20-14-28)44-37-9-5-3-7-33(37)34-8-4-6-10-38(34)44/h3-24,47-48H,1-2H3. The zero-order valence-electron chi connectivity index (χ0n) is 26.3. The summed E-state index contributed by atoms with van der Waals surface area (Å²) >= 11 is 0. The molecule has 0 aliphatic heterocycles. The average Bonchev–Trinajstić information content (AvgIpc) is 3.66. The fourth-order valence-corrected chi connectivity index (χ4v) is 6.76. The van der Waals surface area contributed by atoms with Crippen LogP contribution in [0.2, 0.25) is 0 Å². The minimum atomic E-state index is -0.0704. The lowest BCUT2D eigenvalue weighted by Crippen LogP contribution is -2.02. The molecule has 0 spiro atoms. The van der Waals surface area contributed by atoms with Crippen molar-refractivity contribution in [1.29, 1.82) is 0 Å². The van der Waals surface area contributed by atoms with Gasteiger partial charge in [0, 0.05) is 44.0 Å². The first-order valence-corrected chi connectivity index (χ1v) is 15.7. The Morgan fingerprint density at radius 1 is 0.458 bits per heavy atom. The van der Waals surface area contributed by atoms with Crippen molar-refractivity contribution in [3.05, 3.63) is 156 Å². The number of benzene rings is 6. The maximum absolute atomic E-state index is 14.0. The van der Waals surface area contributed by atoms with Crippen LogP contribution in [0.15, 0.2) is 144 Å². The van der Waals surface area contributed by atoms with Crippen LogP contribution < -0.4 is 0 Å². The molecular formula is C41H30N4O3. The van der Waals surface area contributed by atoms with Crippen LogP contribution in [-0.4, -0.2) is 36.8 Å². The van der Waals surface area contributed by atoms with Crippen molar-refractivity contribution in [3.63, 3.8) is 0 Å². The fourth-order valence-electron chi connectivity index (χ4n) is 6.76. The van der Waals surface area contributed by atoms with Gasteiger partial charge in [0.05, 0.1) is 33.5 Å². The van der Waals surface area contributed by atoms with E-state index in [9.17, 15) is 15.2 Å². The Kier molecular flexibility index (Phi) is 6.88. The molecule has 232 valence electrons. The summed E-state index contributed by atoms with van der Waals surface area (Å²) in [7, 11) is 0. The Labute approximate surface area is 275 Å². The van der Waals surface area contributed by atoms with Crippen molar-refractivity contribution < 1.29 is 15.2 Å². The van der Waals surface area contributed by atoms with Crippen LogP contribution in [-0.2, 0) is 0 Å². The number of rotatable bonds is 6. The Bertz CT molecular complexity index is 2550. The summed E-state index contributed by atoms with van der Waals surface area (Å²) < 4.78 is 4.38. The van der Waals surface area contributed by atoms with E-state index in [1.54, 1.807) is 13.8 Å². The summed E-state index contributed by atoms with van der Waals surface area (Å²) in [4.78, 5) is 14.0. The molecule has 2 N–H and O–H groups in total. The highest BCUT2D eigenvalue weighted by molar-refractivity contribution is 6.16. The monoisotopic (exact) mass is 626 g/mol. The van der Waals surface area contributed by atoms with E-state index in [0.717, 1.165) is 55.3 Å². The van der Waals surface area contributed by atoms with Gasteiger partial charge in [-0.25, -0.2) is 0 Å². The van der Waals surface area contributed by atoms with Crippen LogP contribution in [0.5, 0.6) is 0 Å². The maximum Gasteiger partial charge on any atom is 0.193 e. The normalized spacial score (nSPS) is 12.5. The van der Waals surface area contributed by atoms with Gasteiger partial charge in [-0.3, -0.25) is 4.79 Å². The van der Waals surface area contributed by atoms with E-state index >= 15 is 0 Å². The molecule has 0 fully saturated rings. The number of carbonyl (C=O) groups is 1. The van der Waals surface area contributed by atoms with E-state index in [4.69, 9.17) is 0 Å². The first kappa shape index (κ1) is 29.0. The number of ketones is 1. The van der Waals surface area contributed by atoms with Gasteiger partial charge < -0.3 is 19.5 Å². The van der Waals surface area contributed by atoms with Crippen molar-refractivity contribution >= 4 is 60.8 Å². The van der Waals surface area contributed by atoms with E-state index in [1.165, 1.54) is 10.8 Å². The lowest BCUT2D eigenvalue weighted by atomic mass is 10.00. The van der Waals surface area contributed by atoms with Gasteiger partial charge in [0.25, 0.3) is 0 Å². The number of para-hydroxylation sites is 2. The number of hydrogen-bond acceptors (Lipinski definition) is 5. The third-order valence-electron chi connectivity index (χ3n) is 9.26. The first-order valence-electron chi connectivity index (χ1n) is 15.7. The Morgan fingerprint density at radius 3 is 1.38 bits per heavy atom. The molecule has 2 heterocycles. The van der Waals surface area contributed by atoms with Crippen molar-refractivity contribution in [2.75, 3.05) is 0 Å². The van der Waals surface area contributed by atoms with Gasteiger partial charge >= 0.3 is 0 Å². The van der Waals surface area contributed by atoms with Gasteiger partial charge in [-0.1, -0.05) is 64.9 Å². The van der Waals surface area contributed by atoms with E-state index in [-0.39, 0.29) is 5.78 Å². The summed E-state index contributed by atoms with van der Waals surface area (Å²) in [6.07, 6.45) is 0. The quantitative estimate of drug-likeness (QED) is 0.0833. The zero-order chi connectivity index (χ0) is 32.9. The summed E-state index contributed by atoms with van der Waals surface area (Å²) in [6.45, 7) is 3.50. The predicted molar refractivity (Wildman–Crippen MR) is 193 cm³/mol. The van der Waals surface area contributed by atoms with Crippen molar-refractivity contribution in [1.82, 2.24) is 9.13 Å². The first-order chi connectivity index (χ1) is 23.5. The van der Waals surface area contributed by atoms with Crippen LogP contribution >= 0.6 is 0 Å².